The van der Waals surface area contributed by atoms with Gasteiger partial charge in [0.05, 0.1) is 36.6 Å². The first-order valence-corrected chi connectivity index (χ1v) is 7.51. The Morgan fingerprint density at radius 3 is 2.82 bits per heavy atom. The molecule has 0 saturated carbocycles. The number of esters is 1. The maximum atomic E-state index is 12.2. The number of piperidine rings is 1. The maximum absolute atomic E-state index is 12.2. The zero-order valence-electron chi connectivity index (χ0n) is 12.3. The molecule has 1 aromatic rings. The molecule has 2 saturated heterocycles. The fourth-order valence-electron chi connectivity index (χ4n) is 3.87. The van der Waals surface area contributed by atoms with E-state index in [4.69, 9.17) is 4.74 Å². The minimum Gasteiger partial charge on any atom is -0.549 e. The minimum atomic E-state index is -1.15. The van der Waals surface area contributed by atoms with E-state index in [0.29, 0.717) is 12.5 Å². The highest BCUT2D eigenvalue weighted by molar-refractivity contribution is 5.90. The van der Waals surface area contributed by atoms with Gasteiger partial charge in [0.1, 0.15) is 11.9 Å². The molecule has 2 aliphatic rings. The number of rotatable bonds is 3. The van der Waals surface area contributed by atoms with Crippen molar-refractivity contribution in [2.24, 2.45) is 5.92 Å². The quantitative estimate of drug-likeness (QED) is 0.680. The topological polar surface area (TPSA) is 91.1 Å². The second kappa shape index (κ2) is 5.61. The van der Waals surface area contributed by atoms with Crippen LogP contribution in [-0.4, -0.2) is 42.3 Å². The number of phenolic OH excluding ortho intramolecular Hbond substituents is 1. The molecule has 2 bridgehead atoms. The van der Waals surface area contributed by atoms with Crippen molar-refractivity contribution in [3.05, 3.63) is 29.8 Å². The number of aromatic hydroxyl groups is 1. The first-order chi connectivity index (χ1) is 10.5. The third-order valence-corrected chi connectivity index (χ3v) is 5.02. The lowest BCUT2D eigenvalue weighted by molar-refractivity contribution is -0.926. The van der Waals surface area contributed by atoms with Crippen molar-refractivity contribution >= 4 is 11.9 Å². The Balaban J connectivity index is 1.79. The molecule has 0 aromatic heterocycles. The third kappa shape index (κ3) is 2.54. The van der Waals surface area contributed by atoms with E-state index in [2.05, 4.69) is 0 Å². The highest BCUT2D eigenvalue weighted by Crippen LogP contribution is 2.30. The predicted molar refractivity (Wildman–Crippen MR) is 74.1 cm³/mol. The second-order valence-electron chi connectivity index (χ2n) is 6.20. The van der Waals surface area contributed by atoms with Crippen LogP contribution in [0.15, 0.2) is 24.3 Å². The van der Waals surface area contributed by atoms with Gasteiger partial charge in [-0.3, -0.25) is 0 Å². The summed E-state index contributed by atoms with van der Waals surface area (Å²) in [6, 6.07) is 6.11. The number of benzene rings is 1. The molecule has 2 fully saturated rings. The summed E-state index contributed by atoms with van der Waals surface area (Å²) in [7, 11) is 1.99. The molecule has 1 aromatic carbocycles. The Bertz CT molecular complexity index is 602. The summed E-state index contributed by atoms with van der Waals surface area (Å²) in [5.41, 5.74) is 0.218. The lowest BCUT2D eigenvalue weighted by atomic mass is 9.87. The van der Waals surface area contributed by atoms with Gasteiger partial charge in [-0.25, -0.2) is 4.79 Å². The largest absolute Gasteiger partial charge is 0.549 e. The van der Waals surface area contributed by atoms with Crippen LogP contribution in [-0.2, 0) is 9.53 Å². The molecule has 0 radical (unpaired) electrons. The van der Waals surface area contributed by atoms with Crippen LogP contribution in [0.2, 0.25) is 0 Å². The van der Waals surface area contributed by atoms with Crippen LogP contribution in [0.3, 0.4) is 0 Å². The SMILES string of the molecule is C[NH+]1[C@H]2CC[C@@H]1[C@@H](C(=O)[O-])[C@@H](OC(=O)c1cccc(O)c1)C2. The molecule has 3 rings (SSSR count). The number of hydrogen-bond acceptors (Lipinski definition) is 5. The maximum Gasteiger partial charge on any atom is 0.338 e. The molecular weight excluding hydrogens is 286 g/mol. The molecule has 1 unspecified atom stereocenters. The van der Waals surface area contributed by atoms with E-state index < -0.39 is 24.0 Å². The summed E-state index contributed by atoms with van der Waals surface area (Å²) in [4.78, 5) is 24.9. The number of aliphatic carboxylic acids is 1. The number of quaternary nitrogens is 1. The van der Waals surface area contributed by atoms with Gasteiger partial charge in [0.15, 0.2) is 0 Å². The van der Waals surface area contributed by atoms with Crippen molar-refractivity contribution in [3.63, 3.8) is 0 Å². The Labute approximate surface area is 128 Å². The van der Waals surface area contributed by atoms with Crippen LogP contribution in [0.1, 0.15) is 29.6 Å². The Hall–Kier alpha value is -2.08. The van der Waals surface area contributed by atoms with Crippen LogP contribution < -0.4 is 10.0 Å². The highest BCUT2D eigenvalue weighted by atomic mass is 16.5. The lowest BCUT2D eigenvalue weighted by Gasteiger charge is -2.40. The van der Waals surface area contributed by atoms with Gasteiger partial charge < -0.3 is 24.6 Å². The number of carboxylic acid groups (broad SMARTS) is 1. The van der Waals surface area contributed by atoms with E-state index in [1.165, 1.54) is 23.1 Å². The lowest BCUT2D eigenvalue weighted by Crippen LogP contribution is -3.17. The van der Waals surface area contributed by atoms with Crippen LogP contribution >= 0.6 is 0 Å². The molecule has 0 aliphatic carbocycles. The van der Waals surface area contributed by atoms with E-state index in [9.17, 15) is 19.8 Å². The summed E-state index contributed by atoms with van der Waals surface area (Å²) in [6.45, 7) is 0. The van der Waals surface area contributed by atoms with Gasteiger partial charge in [0.2, 0.25) is 0 Å². The summed E-state index contributed by atoms with van der Waals surface area (Å²) in [5.74, 6) is -2.57. The molecule has 2 aliphatic heterocycles. The van der Waals surface area contributed by atoms with Crippen LogP contribution in [0.25, 0.3) is 0 Å². The van der Waals surface area contributed by atoms with Gasteiger partial charge in [-0.1, -0.05) is 6.07 Å². The van der Waals surface area contributed by atoms with E-state index >= 15 is 0 Å². The smallest absolute Gasteiger partial charge is 0.338 e. The molecule has 6 nitrogen and oxygen atoms in total. The molecule has 0 amide bonds. The Morgan fingerprint density at radius 1 is 1.36 bits per heavy atom. The minimum absolute atomic E-state index is 0.0289. The molecule has 0 spiro atoms. The zero-order chi connectivity index (χ0) is 15.9. The monoisotopic (exact) mass is 305 g/mol. The number of carbonyl (C=O) groups is 2. The van der Waals surface area contributed by atoms with Gasteiger partial charge in [0.25, 0.3) is 0 Å². The number of nitrogens with one attached hydrogen (secondary N) is 1. The number of phenols is 1. The van der Waals surface area contributed by atoms with Gasteiger partial charge >= 0.3 is 5.97 Å². The number of fused-ring (bicyclic) bond motifs is 2. The van der Waals surface area contributed by atoms with Crippen molar-refractivity contribution in [2.75, 3.05) is 7.05 Å². The first-order valence-electron chi connectivity index (χ1n) is 7.51. The van der Waals surface area contributed by atoms with Gasteiger partial charge in [-0.15, -0.1) is 0 Å². The first kappa shape index (κ1) is 14.8. The fraction of sp³-hybridized carbons (Fsp3) is 0.500. The van der Waals surface area contributed by atoms with E-state index in [-0.39, 0.29) is 17.4 Å². The van der Waals surface area contributed by atoms with E-state index in [1.807, 2.05) is 7.05 Å². The molecular formula is C16H19NO5. The highest BCUT2D eigenvalue weighted by Gasteiger charge is 2.51. The standard InChI is InChI=1S/C16H19NO5/c1-17-10-5-6-12(17)14(15(19)20)13(8-10)22-16(21)9-3-2-4-11(18)7-9/h2-4,7,10,12-14,18H,5-6,8H2,1H3,(H,19,20)/t10-,12+,13-,14+/m0/s1. The normalized spacial score (nSPS) is 33.4. The van der Waals surface area contributed by atoms with Crippen molar-refractivity contribution in [1.29, 1.82) is 0 Å². The summed E-state index contributed by atoms with van der Waals surface area (Å²) >= 11 is 0. The van der Waals surface area contributed by atoms with Crippen molar-refractivity contribution in [1.82, 2.24) is 0 Å². The van der Waals surface area contributed by atoms with Crippen LogP contribution in [0.5, 0.6) is 5.75 Å². The second-order valence-corrected chi connectivity index (χ2v) is 6.20. The fourth-order valence-corrected chi connectivity index (χ4v) is 3.87. The molecule has 2 heterocycles. The van der Waals surface area contributed by atoms with Gasteiger partial charge in [-0.2, -0.15) is 0 Å². The Kier molecular flexibility index (Phi) is 3.78. The van der Waals surface area contributed by atoms with Gasteiger partial charge in [0, 0.05) is 19.3 Å². The van der Waals surface area contributed by atoms with Crippen molar-refractivity contribution in [2.45, 2.75) is 37.5 Å². The summed E-state index contributed by atoms with van der Waals surface area (Å²) < 4.78 is 5.45. The molecule has 22 heavy (non-hydrogen) atoms. The number of carbonyl (C=O) groups excluding carboxylic acids is 2. The predicted octanol–water partition coefficient (Wildman–Crippen LogP) is -1.27. The number of hydrogen-bond donors (Lipinski definition) is 2. The molecule has 2 N–H and O–H groups in total. The average Bonchev–Trinajstić information content (AvgIpc) is 2.71. The summed E-state index contributed by atoms with van der Waals surface area (Å²) in [5, 5.41) is 20.9. The average molecular weight is 305 g/mol. The van der Waals surface area contributed by atoms with Gasteiger partial charge in [-0.05, 0) is 18.2 Å². The van der Waals surface area contributed by atoms with Crippen LogP contribution in [0, 0.1) is 5.92 Å². The third-order valence-electron chi connectivity index (χ3n) is 5.02. The molecule has 5 atom stereocenters. The Morgan fingerprint density at radius 2 is 2.14 bits per heavy atom. The number of carboxylic acids is 1. The van der Waals surface area contributed by atoms with Crippen molar-refractivity contribution in [3.8, 4) is 5.75 Å². The summed E-state index contributed by atoms with van der Waals surface area (Å²) in [6.07, 6.45) is 1.63. The zero-order valence-corrected chi connectivity index (χ0v) is 12.3. The molecule has 6 heteroatoms. The van der Waals surface area contributed by atoms with Crippen LogP contribution in [0.4, 0.5) is 0 Å². The van der Waals surface area contributed by atoms with E-state index in [1.54, 1.807) is 6.07 Å². The van der Waals surface area contributed by atoms with Crippen molar-refractivity contribution < 1.29 is 29.4 Å². The molecule has 118 valence electrons. The van der Waals surface area contributed by atoms with E-state index in [0.717, 1.165) is 12.8 Å². The number of ether oxygens (including phenoxy) is 1.